The van der Waals surface area contributed by atoms with Gasteiger partial charge in [-0.25, -0.2) is 0 Å². The number of piperidine rings is 1. The first-order valence-electron chi connectivity index (χ1n) is 5.18. The predicted octanol–water partition coefficient (Wildman–Crippen LogP) is 0.533. The third kappa shape index (κ3) is 2.07. The van der Waals surface area contributed by atoms with Crippen LogP contribution in [0.4, 0.5) is 0 Å². The number of aliphatic carboxylic acids is 1. The van der Waals surface area contributed by atoms with E-state index in [1.54, 1.807) is 7.05 Å². The smallest absolute Gasteiger partial charge is 0.323 e. The molecule has 0 radical (unpaired) electrons. The van der Waals surface area contributed by atoms with Crippen molar-refractivity contribution in [2.75, 3.05) is 20.1 Å². The van der Waals surface area contributed by atoms with Gasteiger partial charge in [0, 0.05) is 19.1 Å². The lowest BCUT2D eigenvalue weighted by Gasteiger charge is -2.40. The first-order chi connectivity index (χ1) is 6.52. The van der Waals surface area contributed by atoms with Crippen molar-refractivity contribution in [2.24, 2.45) is 0 Å². The van der Waals surface area contributed by atoms with E-state index >= 15 is 0 Å². The summed E-state index contributed by atoms with van der Waals surface area (Å²) in [5.74, 6) is -0.719. The van der Waals surface area contributed by atoms with Gasteiger partial charge < -0.3 is 15.3 Å². The third-order valence-corrected chi connectivity index (χ3v) is 3.27. The lowest BCUT2D eigenvalue weighted by atomic mass is 9.87. The zero-order valence-electron chi connectivity index (χ0n) is 9.21. The van der Waals surface area contributed by atoms with Gasteiger partial charge in [0.1, 0.15) is 5.54 Å². The second kappa shape index (κ2) is 4.28. The van der Waals surface area contributed by atoms with E-state index in [4.69, 9.17) is 5.11 Å². The summed E-state index contributed by atoms with van der Waals surface area (Å²) >= 11 is 0. The van der Waals surface area contributed by atoms with E-state index in [0.717, 1.165) is 13.1 Å². The second-order valence-electron chi connectivity index (χ2n) is 4.27. The zero-order chi connectivity index (χ0) is 10.8. The van der Waals surface area contributed by atoms with Gasteiger partial charge in [-0.3, -0.25) is 4.79 Å². The van der Waals surface area contributed by atoms with E-state index in [0.29, 0.717) is 18.9 Å². The van der Waals surface area contributed by atoms with Gasteiger partial charge in [-0.1, -0.05) is 0 Å². The van der Waals surface area contributed by atoms with E-state index in [9.17, 15) is 4.79 Å². The van der Waals surface area contributed by atoms with Crippen LogP contribution in [0.3, 0.4) is 0 Å². The molecular weight excluding hydrogens is 180 g/mol. The molecule has 0 amide bonds. The highest BCUT2D eigenvalue weighted by Gasteiger charge is 2.40. The number of likely N-dealkylation sites (tertiary alicyclic amines) is 1. The Labute approximate surface area is 85.3 Å². The Morgan fingerprint density at radius 1 is 1.43 bits per heavy atom. The van der Waals surface area contributed by atoms with Crippen LogP contribution in [0.5, 0.6) is 0 Å². The van der Waals surface area contributed by atoms with Crippen molar-refractivity contribution < 1.29 is 9.90 Å². The first kappa shape index (κ1) is 11.5. The van der Waals surface area contributed by atoms with Crippen LogP contribution >= 0.6 is 0 Å². The van der Waals surface area contributed by atoms with Crippen molar-refractivity contribution in [1.82, 2.24) is 10.2 Å². The summed E-state index contributed by atoms with van der Waals surface area (Å²) in [6.07, 6.45) is 1.38. The van der Waals surface area contributed by atoms with E-state index in [1.807, 2.05) is 0 Å². The monoisotopic (exact) mass is 200 g/mol. The largest absolute Gasteiger partial charge is 0.480 e. The molecule has 1 aliphatic rings. The maximum atomic E-state index is 11.1. The SMILES string of the molecule is CNC1(C(=O)O)CCN(C(C)C)CC1. The second-order valence-corrected chi connectivity index (χ2v) is 4.27. The number of carboxylic acids is 1. The number of carboxylic acid groups (broad SMARTS) is 1. The minimum absolute atomic E-state index is 0.513. The average molecular weight is 200 g/mol. The lowest BCUT2D eigenvalue weighted by Crippen LogP contribution is -2.58. The summed E-state index contributed by atoms with van der Waals surface area (Å²) in [7, 11) is 1.74. The van der Waals surface area contributed by atoms with Gasteiger partial charge in [0.25, 0.3) is 0 Å². The fourth-order valence-corrected chi connectivity index (χ4v) is 1.99. The van der Waals surface area contributed by atoms with Crippen LogP contribution in [0, 0.1) is 0 Å². The van der Waals surface area contributed by atoms with Gasteiger partial charge in [0.05, 0.1) is 0 Å². The summed E-state index contributed by atoms with van der Waals surface area (Å²) < 4.78 is 0. The zero-order valence-corrected chi connectivity index (χ0v) is 9.21. The van der Waals surface area contributed by atoms with Gasteiger partial charge in [0.2, 0.25) is 0 Å². The highest BCUT2D eigenvalue weighted by Crippen LogP contribution is 2.23. The van der Waals surface area contributed by atoms with Gasteiger partial charge >= 0.3 is 5.97 Å². The Kier molecular flexibility index (Phi) is 3.50. The Hall–Kier alpha value is -0.610. The quantitative estimate of drug-likeness (QED) is 0.698. The summed E-state index contributed by atoms with van der Waals surface area (Å²) in [5.41, 5.74) is -0.689. The molecule has 0 aromatic rings. The molecule has 1 rings (SSSR count). The number of rotatable bonds is 3. The molecular formula is C10H20N2O2. The molecule has 0 unspecified atom stereocenters. The molecule has 82 valence electrons. The lowest BCUT2D eigenvalue weighted by molar-refractivity contribution is -0.147. The van der Waals surface area contributed by atoms with Crippen LogP contribution in [0.25, 0.3) is 0 Å². The van der Waals surface area contributed by atoms with Crippen molar-refractivity contribution >= 4 is 5.97 Å². The molecule has 0 saturated carbocycles. The van der Waals surface area contributed by atoms with Gasteiger partial charge in [0.15, 0.2) is 0 Å². The average Bonchev–Trinajstić information content (AvgIpc) is 2.17. The molecule has 1 fully saturated rings. The van der Waals surface area contributed by atoms with E-state index in [1.165, 1.54) is 0 Å². The van der Waals surface area contributed by atoms with Gasteiger partial charge in [-0.05, 0) is 33.7 Å². The van der Waals surface area contributed by atoms with Crippen LogP contribution in [-0.2, 0) is 4.79 Å². The molecule has 0 atom stereocenters. The highest BCUT2D eigenvalue weighted by molar-refractivity contribution is 5.78. The topological polar surface area (TPSA) is 52.6 Å². The van der Waals surface area contributed by atoms with E-state index in [-0.39, 0.29) is 0 Å². The Morgan fingerprint density at radius 3 is 2.21 bits per heavy atom. The first-order valence-corrected chi connectivity index (χ1v) is 5.18. The molecule has 0 aliphatic carbocycles. The molecule has 1 aliphatic heterocycles. The molecule has 4 nitrogen and oxygen atoms in total. The minimum atomic E-state index is -0.719. The van der Waals surface area contributed by atoms with Gasteiger partial charge in [-0.15, -0.1) is 0 Å². The number of carbonyl (C=O) groups is 1. The maximum absolute atomic E-state index is 11.1. The number of nitrogens with zero attached hydrogens (tertiary/aromatic N) is 1. The number of nitrogens with one attached hydrogen (secondary N) is 1. The van der Waals surface area contributed by atoms with Crippen LogP contribution in [0.2, 0.25) is 0 Å². The number of hydrogen-bond acceptors (Lipinski definition) is 3. The number of likely N-dealkylation sites (N-methyl/N-ethyl adjacent to an activating group) is 1. The predicted molar refractivity (Wildman–Crippen MR) is 55.4 cm³/mol. The van der Waals surface area contributed by atoms with Crippen molar-refractivity contribution in [3.63, 3.8) is 0 Å². The molecule has 0 aromatic heterocycles. The standard InChI is InChI=1S/C10H20N2O2/c1-8(2)12-6-4-10(11-3,5-7-12)9(13)14/h8,11H,4-7H2,1-3H3,(H,13,14). The van der Waals surface area contributed by atoms with Crippen LogP contribution in [0.15, 0.2) is 0 Å². The molecule has 4 heteroatoms. The minimum Gasteiger partial charge on any atom is -0.480 e. The van der Waals surface area contributed by atoms with Crippen LogP contribution in [0.1, 0.15) is 26.7 Å². The molecule has 0 spiro atoms. The Bertz CT molecular complexity index is 208. The molecule has 14 heavy (non-hydrogen) atoms. The van der Waals surface area contributed by atoms with Crippen molar-refractivity contribution in [3.8, 4) is 0 Å². The highest BCUT2D eigenvalue weighted by atomic mass is 16.4. The fourth-order valence-electron chi connectivity index (χ4n) is 1.99. The summed E-state index contributed by atoms with van der Waals surface area (Å²) in [4.78, 5) is 13.4. The molecule has 1 heterocycles. The van der Waals surface area contributed by atoms with Crippen LogP contribution < -0.4 is 5.32 Å². The summed E-state index contributed by atoms with van der Waals surface area (Å²) in [5, 5.41) is 12.1. The third-order valence-electron chi connectivity index (χ3n) is 3.27. The maximum Gasteiger partial charge on any atom is 0.323 e. The molecule has 2 N–H and O–H groups in total. The normalized spacial score (nSPS) is 22.6. The molecule has 1 saturated heterocycles. The molecule has 0 aromatic carbocycles. The summed E-state index contributed by atoms with van der Waals surface area (Å²) in [6.45, 7) is 6.02. The van der Waals surface area contributed by atoms with Crippen molar-refractivity contribution in [3.05, 3.63) is 0 Å². The number of hydrogen-bond donors (Lipinski definition) is 2. The van der Waals surface area contributed by atoms with E-state index < -0.39 is 11.5 Å². The van der Waals surface area contributed by atoms with Crippen molar-refractivity contribution in [2.45, 2.75) is 38.3 Å². The van der Waals surface area contributed by atoms with Crippen LogP contribution in [-0.4, -0.2) is 47.7 Å². The van der Waals surface area contributed by atoms with E-state index in [2.05, 4.69) is 24.1 Å². The molecule has 0 bridgehead atoms. The summed E-state index contributed by atoms with van der Waals surface area (Å²) in [6, 6.07) is 0.513. The van der Waals surface area contributed by atoms with Crippen molar-refractivity contribution in [1.29, 1.82) is 0 Å². The fraction of sp³-hybridized carbons (Fsp3) is 0.900. The Morgan fingerprint density at radius 2 is 1.93 bits per heavy atom. The van der Waals surface area contributed by atoms with Gasteiger partial charge in [-0.2, -0.15) is 0 Å². The Balaban J connectivity index is 2.59.